The van der Waals surface area contributed by atoms with Gasteiger partial charge in [0.05, 0.1) is 42.6 Å². The number of ether oxygens (including phenoxy) is 1. The van der Waals surface area contributed by atoms with E-state index in [9.17, 15) is 27.6 Å². The molecular weight excluding hydrogens is 513 g/mol. The van der Waals surface area contributed by atoms with Crippen molar-refractivity contribution < 1.29 is 32.3 Å². The van der Waals surface area contributed by atoms with Crippen LogP contribution < -0.4 is 5.32 Å². The van der Waals surface area contributed by atoms with Gasteiger partial charge in [-0.3, -0.25) is 14.5 Å². The summed E-state index contributed by atoms with van der Waals surface area (Å²) in [5, 5.41) is 2.78. The molecule has 11 heteroatoms. The van der Waals surface area contributed by atoms with Crippen molar-refractivity contribution in [2.75, 3.05) is 39.4 Å². The summed E-state index contributed by atoms with van der Waals surface area (Å²) in [5.41, 5.74) is 1.14. The van der Waals surface area contributed by atoms with E-state index in [1.165, 1.54) is 21.9 Å². The molecular formula is C28H29F3N4O4. The number of likely N-dealkylation sites (N-methyl/N-ethyl adjacent to an activating group) is 1. The van der Waals surface area contributed by atoms with Crippen molar-refractivity contribution >= 4 is 17.8 Å². The molecule has 0 bridgehead atoms. The molecule has 5 rings (SSSR count). The lowest BCUT2D eigenvalue weighted by Gasteiger charge is -2.35. The third-order valence-corrected chi connectivity index (χ3v) is 7.39. The summed E-state index contributed by atoms with van der Waals surface area (Å²) >= 11 is 0. The van der Waals surface area contributed by atoms with Crippen molar-refractivity contribution in [3.8, 4) is 0 Å². The molecule has 2 atom stereocenters. The molecule has 2 aromatic rings. The standard InChI is InChI=1S/C28H29F3N4O4/c1-2-34-22-17-35(21(16-18-6-4-3-5-7-18)25(36)33-12-14-39-15-13-33)26(37)23(22)24(32-27(34)38)19-8-10-20(11-9-19)28(29,30)31/h3-11,21,24H,2,12-17H2,1H3,(H,32,38)/t21-,24+/m0/s1. The van der Waals surface area contributed by atoms with Crippen LogP contribution in [0.1, 0.15) is 29.7 Å². The molecule has 8 nitrogen and oxygen atoms in total. The molecule has 1 saturated heterocycles. The van der Waals surface area contributed by atoms with Gasteiger partial charge in [0.2, 0.25) is 5.91 Å². The minimum absolute atomic E-state index is 0.0418. The highest BCUT2D eigenvalue weighted by molar-refractivity contribution is 6.03. The lowest BCUT2D eigenvalue weighted by atomic mass is 9.94. The van der Waals surface area contributed by atoms with E-state index in [4.69, 9.17) is 4.74 Å². The molecule has 39 heavy (non-hydrogen) atoms. The molecule has 0 spiro atoms. The fourth-order valence-corrected chi connectivity index (χ4v) is 5.38. The number of carbonyl (C=O) groups excluding carboxylic acids is 3. The molecule has 3 aliphatic heterocycles. The number of rotatable bonds is 6. The van der Waals surface area contributed by atoms with Gasteiger partial charge in [-0.2, -0.15) is 13.2 Å². The monoisotopic (exact) mass is 542 g/mol. The lowest BCUT2D eigenvalue weighted by Crippen LogP contribution is -2.53. The number of benzene rings is 2. The summed E-state index contributed by atoms with van der Waals surface area (Å²) in [5.74, 6) is -0.625. The Morgan fingerprint density at radius 3 is 2.33 bits per heavy atom. The highest BCUT2D eigenvalue weighted by Gasteiger charge is 2.47. The Morgan fingerprint density at radius 2 is 1.72 bits per heavy atom. The van der Waals surface area contributed by atoms with Crippen molar-refractivity contribution in [3.63, 3.8) is 0 Å². The van der Waals surface area contributed by atoms with Gasteiger partial charge in [0.1, 0.15) is 6.04 Å². The smallest absolute Gasteiger partial charge is 0.378 e. The second kappa shape index (κ2) is 10.7. The molecule has 3 aliphatic rings. The van der Waals surface area contributed by atoms with Crippen molar-refractivity contribution in [1.29, 1.82) is 0 Å². The van der Waals surface area contributed by atoms with E-state index in [0.717, 1.165) is 17.7 Å². The Balaban J connectivity index is 1.50. The van der Waals surface area contributed by atoms with Crippen molar-refractivity contribution in [2.45, 2.75) is 31.6 Å². The Morgan fingerprint density at radius 1 is 1.05 bits per heavy atom. The fraction of sp³-hybridized carbons (Fsp3) is 0.393. The molecule has 3 heterocycles. The number of carbonyl (C=O) groups is 3. The zero-order valence-electron chi connectivity index (χ0n) is 21.4. The minimum atomic E-state index is -4.51. The van der Waals surface area contributed by atoms with Gasteiger partial charge < -0.3 is 19.9 Å². The van der Waals surface area contributed by atoms with Crippen LogP contribution in [0.4, 0.5) is 18.0 Å². The highest BCUT2D eigenvalue weighted by Crippen LogP contribution is 2.38. The normalized spacial score (nSPS) is 20.7. The van der Waals surface area contributed by atoms with Gasteiger partial charge in [-0.15, -0.1) is 0 Å². The molecule has 0 saturated carbocycles. The zero-order valence-corrected chi connectivity index (χ0v) is 21.4. The molecule has 2 aromatic carbocycles. The molecule has 0 aromatic heterocycles. The summed E-state index contributed by atoms with van der Waals surface area (Å²) in [6.07, 6.45) is -4.23. The van der Waals surface area contributed by atoms with Crippen molar-refractivity contribution in [1.82, 2.24) is 20.0 Å². The number of halogens is 3. The van der Waals surface area contributed by atoms with Crippen LogP contribution in [0.2, 0.25) is 0 Å². The molecule has 4 amide bonds. The summed E-state index contributed by atoms with van der Waals surface area (Å²) in [6.45, 7) is 3.74. The van der Waals surface area contributed by atoms with Crippen LogP contribution >= 0.6 is 0 Å². The van der Waals surface area contributed by atoms with E-state index in [1.807, 2.05) is 30.3 Å². The number of nitrogens with zero attached hydrogens (tertiary/aromatic N) is 3. The Hall–Kier alpha value is -3.86. The summed E-state index contributed by atoms with van der Waals surface area (Å²) in [7, 11) is 0. The highest BCUT2D eigenvalue weighted by atomic mass is 19.4. The van der Waals surface area contributed by atoms with Gasteiger partial charge in [-0.1, -0.05) is 42.5 Å². The maximum atomic E-state index is 14.1. The first-order valence-electron chi connectivity index (χ1n) is 12.9. The average Bonchev–Trinajstić information content (AvgIpc) is 3.28. The van der Waals surface area contributed by atoms with Crippen LogP contribution in [0, 0.1) is 0 Å². The maximum Gasteiger partial charge on any atom is 0.416 e. The second-order valence-electron chi connectivity index (χ2n) is 9.68. The van der Waals surface area contributed by atoms with E-state index in [1.54, 1.807) is 11.8 Å². The third kappa shape index (κ3) is 5.23. The van der Waals surface area contributed by atoms with Gasteiger partial charge >= 0.3 is 12.2 Å². The summed E-state index contributed by atoms with van der Waals surface area (Å²) in [4.78, 5) is 45.5. The van der Waals surface area contributed by atoms with Crippen molar-refractivity contribution in [2.24, 2.45) is 0 Å². The van der Waals surface area contributed by atoms with Gasteiger partial charge in [-0.25, -0.2) is 4.79 Å². The van der Waals surface area contributed by atoms with Crippen LogP contribution in [0.15, 0.2) is 65.9 Å². The van der Waals surface area contributed by atoms with Crippen LogP contribution in [0.25, 0.3) is 0 Å². The predicted molar refractivity (Wildman–Crippen MR) is 135 cm³/mol. The Bertz CT molecular complexity index is 1270. The second-order valence-corrected chi connectivity index (χ2v) is 9.68. The molecule has 0 aliphatic carbocycles. The zero-order chi connectivity index (χ0) is 27.7. The molecule has 206 valence electrons. The summed E-state index contributed by atoms with van der Waals surface area (Å²) in [6, 6.07) is 11.6. The van der Waals surface area contributed by atoms with Gasteiger partial charge in [0, 0.05) is 26.1 Å². The first-order chi connectivity index (χ1) is 18.7. The van der Waals surface area contributed by atoms with Crippen LogP contribution in [-0.2, 0) is 26.9 Å². The quantitative estimate of drug-likeness (QED) is 0.607. The van der Waals surface area contributed by atoms with E-state index < -0.39 is 35.8 Å². The number of hydrogen-bond acceptors (Lipinski definition) is 4. The number of urea groups is 1. The number of alkyl halides is 3. The molecule has 1 fully saturated rings. The van der Waals surface area contributed by atoms with Crippen LogP contribution in [-0.4, -0.2) is 78.0 Å². The minimum Gasteiger partial charge on any atom is -0.378 e. The van der Waals surface area contributed by atoms with E-state index in [2.05, 4.69) is 5.32 Å². The Labute approximate surface area is 224 Å². The molecule has 0 radical (unpaired) electrons. The number of amides is 4. The van der Waals surface area contributed by atoms with Gasteiger partial charge in [0.25, 0.3) is 5.91 Å². The van der Waals surface area contributed by atoms with E-state index >= 15 is 0 Å². The maximum absolute atomic E-state index is 14.1. The van der Waals surface area contributed by atoms with E-state index in [0.29, 0.717) is 37.6 Å². The third-order valence-electron chi connectivity index (χ3n) is 7.39. The van der Waals surface area contributed by atoms with Gasteiger partial charge in [0.15, 0.2) is 0 Å². The van der Waals surface area contributed by atoms with Crippen molar-refractivity contribution in [3.05, 3.63) is 82.6 Å². The molecule has 1 N–H and O–H groups in total. The number of hydrogen-bond donors (Lipinski definition) is 1. The van der Waals surface area contributed by atoms with Crippen LogP contribution in [0.3, 0.4) is 0 Å². The molecule has 0 unspecified atom stereocenters. The van der Waals surface area contributed by atoms with E-state index in [-0.39, 0.29) is 31.0 Å². The average molecular weight is 543 g/mol. The predicted octanol–water partition coefficient (Wildman–Crippen LogP) is 3.36. The number of nitrogens with one attached hydrogen (secondary N) is 1. The van der Waals surface area contributed by atoms with Crippen LogP contribution in [0.5, 0.6) is 0 Å². The topological polar surface area (TPSA) is 82.2 Å². The fourth-order valence-electron chi connectivity index (χ4n) is 5.38. The van der Waals surface area contributed by atoms with Gasteiger partial charge in [-0.05, 0) is 30.2 Å². The summed E-state index contributed by atoms with van der Waals surface area (Å²) < 4.78 is 44.9. The Kier molecular flexibility index (Phi) is 7.35. The largest absolute Gasteiger partial charge is 0.416 e. The first-order valence-corrected chi connectivity index (χ1v) is 12.9. The SMILES string of the molecule is CCN1C(=O)N[C@H](c2ccc(C(F)(F)F)cc2)C2=C1CN([C@@H](Cc1ccccc1)C(=O)N1CCOCC1)C2=O. The number of morpholine rings is 1. The first kappa shape index (κ1) is 26.7. The lowest BCUT2D eigenvalue weighted by molar-refractivity contribution is -0.145.